The Kier molecular flexibility index (Phi) is 5.08. The van der Waals surface area contributed by atoms with Gasteiger partial charge in [-0.15, -0.1) is 11.8 Å². The van der Waals surface area contributed by atoms with E-state index in [0.717, 1.165) is 22.6 Å². The third-order valence-corrected chi connectivity index (χ3v) is 5.17. The number of esters is 1. The number of aryl methyl sites for hydroxylation is 2. The standard InChI is InChI=1S/C17H20N2O4S/c1-11(16(21)19-8-7-18-17(19)22)23-15(20)10-24-14-6-5-12-3-2-4-13(12)9-14/h5-6,9,11H,2-4,7-8,10H2,1H3,(H,18,22)/t11-/m1/s1. The molecular weight excluding hydrogens is 328 g/mol. The number of urea groups is 1. The summed E-state index contributed by atoms with van der Waals surface area (Å²) in [5, 5.41) is 2.55. The highest BCUT2D eigenvalue weighted by atomic mass is 32.2. The van der Waals surface area contributed by atoms with Gasteiger partial charge in [0, 0.05) is 18.0 Å². The van der Waals surface area contributed by atoms with Gasteiger partial charge >= 0.3 is 12.0 Å². The van der Waals surface area contributed by atoms with Crippen molar-refractivity contribution >= 4 is 29.7 Å². The van der Waals surface area contributed by atoms with Crippen LogP contribution in [-0.2, 0) is 27.2 Å². The maximum Gasteiger partial charge on any atom is 0.324 e. The van der Waals surface area contributed by atoms with E-state index in [-0.39, 0.29) is 5.75 Å². The lowest BCUT2D eigenvalue weighted by Crippen LogP contribution is -2.42. The molecule has 1 atom stereocenters. The van der Waals surface area contributed by atoms with Crippen LogP contribution in [0.2, 0.25) is 0 Å². The van der Waals surface area contributed by atoms with Gasteiger partial charge in [0.2, 0.25) is 0 Å². The summed E-state index contributed by atoms with van der Waals surface area (Å²) in [5.74, 6) is -0.801. The number of benzene rings is 1. The van der Waals surface area contributed by atoms with Crippen LogP contribution < -0.4 is 5.32 Å². The fourth-order valence-electron chi connectivity index (χ4n) is 2.96. The number of thioether (sulfide) groups is 1. The Morgan fingerprint density at radius 1 is 1.33 bits per heavy atom. The maximum atomic E-state index is 12.1. The van der Waals surface area contributed by atoms with Crippen LogP contribution in [-0.4, -0.2) is 47.8 Å². The molecule has 6 nitrogen and oxygen atoms in total. The van der Waals surface area contributed by atoms with Crippen molar-refractivity contribution < 1.29 is 19.1 Å². The van der Waals surface area contributed by atoms with Crippen molar-refractivity contribution in [2.24, 2.45) is 0 Å². The molecule has 0 bridgehead atoms. The number of carbonyl (C=O) groups excluding carboxylic acids is 3. The third kappa shape index (κ3) is 3.72. The molecule has 0 radical (unpaired) electrons. The monoisotopic (exact) mass is 348 g/mol. The summed E-state index contributed by atoms with van der Waals surface area (Å²) in [6.07, 6.45) is 2.46. The Bertz CT molecular complexity index is 677. The summed E-state index contributed by atoms with van der Waals surface area (Å²) in [4.78, 5) is 37.6. The summed E-state index contributed by atoms with van der Waals surface area (Å²) in [6, 6.07) is 5.83. The van der Waals surface area contributed by atoms with Crippen molar-refractivity contribution in [1.82, 2.24) is 10.2 Å². The molecule has 1 fully saturated rings. The molecule has 0 saturated carbocycles. The zero-order valence-corrected chi connectivity index (χ0v) is 14.4. The normalized spacial score (nSPS) is 17.4. The molecule has 1 aromatic carbocycles. The second-order valence-electron chi connectivity index (χ2n) is 5.93. The molecule has 1 heterocycles. The Labute approximate surface area is 144 Å². The molecule has 128 valence electrons. The number of imide groups is 1. The zero-order chi connectivity index (χ0) is 17.1. The predicted octanol–water partition coefficient (Wildman–Crippen LogP) is 1.75. The van der Waals surface area contributed by atoms with Crippen molar-refractivity contribution in [3.05, 3.63) is 29.3 Å². The van der Waals surface area contributed by atoms with Crippen LogP contribution in [0.3, 0.4) is 0 Å². The molecule has 1 aliphatic heterocycles. The lowest BCUT2D eigenvalue weighted by molar-refractivity contribution is -0.155. The second-order valence-corrected chi connectivity index (χ2v) is 6.98. The molecule has 7 heteroatoms. The van der Waals surface area contributed by atoms with E-state index in [0.29, 0.717) is 13.1 Å². The SMILES string of the molecule is C[C@@H](OC(=O)CSc1ccc2c(c1)CCC2)C(=O)N1CCNC1=O. The van der Waals surface area contributed by atoms with Crippen molar-refractivity contribution in [2.75, 3.05) is 18.8 Å². The lowest BCUT2D eigenvalue weighted by Gasteiger charge is -2.18. The third-order valence-electron chi connectivity index (χ3n) is 4.21. The average Bonchev–Trinajstić information content (AvgIpc) is 3.20. The number of nitrogens with one attached hydrogen (secondary N) is 1. The highest BCUT2D eigenvalue weighted by Gasteiger charge is 2.31. The fraction of sp³-hybridized carbons (Fsp3) is 0.471. The summed E-state index contributed by atoms with van der Waals surface area (Å²) in [5.41, 5.74) is 2.75. The van der Waals surface area contributed by atoms with Crippen LogP contribution in [0.5, 0.6) is 0 Å². The van der Waals surface area contributed by atoms with Gasteiger partial charge in [-0.1, -0.05) is 6.07 Å². The fourth-order valence-corrected chi connectivity index (χ4v) is 3.71. The Morgan fingerprint density at radius 3 is 2.88 bits per heavy atom. The number of hydrogen-bond acceptors (Lipinski definition) is 5. The second kappa shape index (κ2) is 7.25. The highest BCUT2D eigenvalue weighted by molar-refractivity contribution is 8.00. The molecule has 0 aromatic heterocycles. The topological polar surface area (TPSA) is 75.7 Å². The van der Waals surface area contributed by atoms with E-state index >= 15 is 0 Å². The average molecular weight is 348 g/mol. The molecule has 2 aliphatic rings. The van der Waals surface area contributed by atoms with Crippen LogP contribution in [0.4, 0.5) is 4.79 Å². The first-order chi connectivity index (χ1) is 11.5. The van der Waals surface area contributed by atoms with Gasteiger partial charge in [0.05, 0.1) is 5.75 Å². The minimum Gasteiger partial charge on any atom is -0.452 e. The van der Waals surface area contributed by atoms with Crippen molar-refractivity contribution in [1.29, 1.82) is 0 Å². The van der Waals surface area contributed by atoms with Crippen molar-refractivity contribution in [2.45, 2.75) is 37.2 Å². The van der Waals surface area contributed by atoms with Crippen LogP contribution in [0, 0.1) is 0 Å². The molecule has 3 amide bonds. The molecule has 1 N–H and O–H groups in total. The summed E-state index contributed by atoms with van der Waals surface area (Å²) in [7, 11) is 0. The Balaban J connectivity index is 1.48. The number of carbonyl (C=O) groups is 3. The molecule has 24 heavy (non-hydrogen) atoms. The Hall–Kier alpha value is -2.02. The summed E-state index contributed by atoms with van der Waals surface area (Å²) >= 11 is 1.40. The Morgan fingerprint density at radius 2 is 2.12 bits per heavy atom. The highest BCUT2D eigenvalue weighted by Crippen LogP contribution is 2.27. The van der Waals surface area contributed by atoms with E-state index in [1.165, 1.54) is 36.2 Å². The maximum absolute atomic E-state index is 12.1. The van der Waals surface area contributed by atoms with E-state index in [4.69, 9.17) is 4.74 Å². The van der Waals surface area contributed by atoms with Gasteiger partial charge in [0.1, 0.15) is 0 Å². The molecule has 0 unspecified atom stereocenters. The van der Waals surface area contributed by atoms with Gasteiger partial charge in [-0.05, 0) is 49.4 Å². The van der Waals surface area contributed by atoms with Crippen LogP contribution in [0.15, 0.2) is 23.1 Å². The van der Waals surface area contributed by atoms with Gasteiger partial charge in [-0.2, -0.15) is 0 Å². The van der Waals surface area contributed by atoms with Crippen LogP contribution in [0.25, 0.3) is 0 Å². The minimum absolute atomic E-state index is 0.141. The zero-order valence-electron chi connectivity index (χ0n) is 13.5. The van der Waals surface area contributed by atoms with Crippen LogP contribution in [0.1, 0.15) is 24.5 Å². The van der Waals surface area contributed by atoms with Crippen LogP contribution >= 0.6 is 11.8 Å². The quantitative estimate of drug-likeness (QED) is 0.648. The predicted molar refractivity (Wildman–Crippen MR) is 89.9 cm³/mol. The minimum atomic E-state index is -0.957. The van der Waals surface area contributed by atoms with Crippen molar-refractivity contribution in [3.63, 3.8) is 0 Å². The lowest BCUT2D eigenvalue weighted by atomic mass is 10.1. The first kappa shape index (κ1) is 16.8. The smallest absolute Gasteiger partial charge is 0.324 e. The number of fused-ring (bicyclic) bond motifs is 1. The van der Waals surface area contributed by atoms with Gasteiger partial charge in [0.15, 0.2) is 6.10 Å². The molecular formula is C17H20N2O4S. The first-order valence-electron chi connectivity index (χ1n) is 8.08. The number of ether oxygens (including phenoxy) is 1. The molecule has 1 saturated heterocycles. The molecule has 0 spiro atoms. The largest absolute Gasteiger partial charge is 0.452 e. The van der Waals surface area contributed by atoms with E-state index in [2.05, 4.69) is 17.4 Å². The number of amides is 3. The molecule has 1 aromatic rings. The van der Waals surface area contributed by atoms with Gasteiger partial charge in [-0.3, -0.25) is 14.5 Å². The first-order valence-corrected chi connectivity index (χ1v) is 9.06. The summed E-state index contributed by atoms with van der Waals surface area (Å²) < 4.78 is 5.16. The number of nitrogens with zero attached hydrogens (tertiary/aromatic N) is 1. The summed E-state index contributed by atoms with van der Waals surface area (Å²) in [6.45, 7) is 2.23. The van der Waals surface area contributed by atoms with Gasteiger partial charge in [0.25, 0.3) is 5.91 Å². The van der Waals surface area contributed by atoms with E-state index in [1.54, 1.807) is 0 Å². The van der Waals surface area contributed by atoms with E-state index in [9.17, 15) is 14.4 Å². The van der Waals surface area contributed by atoms with Crippen molar-refractivity contribution in [3.8, 4) is 0 Å². The van der Waals surface area contributed by atoms with E-state index < -0.39 is 24.0 Å². The number of hydrogen-bond donors (Lipinski definition) is 1. The van der Waals surface area contributed by atoms with Gasteiger partial charge in [-0.25, -0.2) is 4.79 Å². The molecule has 1 aliphatic carbocycles. The van der Waals surface area contributed by atoms with E-state index in [1.807, 2.05) is 6.07 Å². The molecule has 3 rings (SSSR count). The number of rotatable bonds is 5. The van der Waals surface area contributed by atoms with Gasteiger partial charge < -0.3 is 10.1 Å².